The summed E-state index contributed by atoms with van der Waals surface area (Å²) in [5.74, 6) is 0. The van der Waals surface area contributed by atoms with Crippen LogP contribution in [0.4, 0.5) is 0 Å². The third-order valence-corrected chi connectivity index (χ3v) is 5.46. The third-order valence-electron chi connectivity index (χ3n) is 1.82. The Morgan fingerprint density at radius 1 is 0.875 bits per heavy atom. The molecule has 0 aromatic carbocycles. The van der Waals surface area contributed by atoms with Gasteiger partial charge in [-0.1, -0.05) is 0 Å². The minimum Gasteiger partial charge on any atom is -0.0347 e. The lowest BCUT2D eigenvalue weighted by atomic mass is 10.5. The van der Waals surface area contributed by atoms with Crippen LogP contribution in [0.1, 0.15) is 27.7 Å². The van der Waals surface area contributed by atoms with E-state index in [0.29, 0.717) is 0 Å². The highest BCUT2D eigenvalue weighted by Gasteiger charge is 2.27. The van der Waals surface area contributed by atoms with Gasteiger partial charge in [-0.25, -0.2) is 0 Å². The van der Waals surface area contributed by atoms with Crippen molar-refractivity contribution in [1.82, 2.24) is 0 Å². The van der Waals surface area contributed by atoms with E-state index in [4.69, 9.17) is 0 Å². The third kappa shape index (κ3) is 2.51. The minimum absolute atomic E-state index is 0.0237. The second-order valence-electron chi connectivity index (χ2n) is 3.05. The van der Waals surface area contributed by atoms with Gasteiger partial charge in [0.05, 0.1) is 17.6 Å². The van der Waals surface area contributed by atoms with Crippen LogP contribution in [0, 0.1) is 0 Å². The van der Waals surface area contributed by atoms with Crippen LogP contribution in [-0.2, 0) is 0 Å². The smallest absolute Gasteiger partial charge is 0.0347 e. The molecule has 0 aliphatic rings. The monoisotopic (exact) mass is 129 g/mol. The molecule has 0 amide bonds. The summed E-state index contributed by atoms with van der Waals surface area (Å²) >= 11 is 0. The van der Waals surface area contributed by atoms with Gasteiger partial charge in [0.2, 0.25) is 0 Å². The maximum absolute atomic E-state index is 2.42. The van der Waals surface area contributed by atoms with Crippen LogP contribution < -0.4 is 0 Å². The Hall–Kier alpha value is 0.217. The molecule has 0 aromatic heterocycles. The molecule has 0 fully saturated rings. The van der Waals surface area contributed by atoms with E-state index < -0.39 is 0 Å². The number of hydrogen-bond donors (Lipinski definition) is 0. The first kappa shape index (κ1) is 8.22. The van der Waals surface area contributed by atoms with Crippen molar-refractivity contribution < 1.29 is 0 Å². The molecule has 0 aromatic rings. The fourth-order valence-corrected chi connectivity index (χ4v) is 2.00. The Kier molecular flexibility index (Phi) is 3.37. The van der Waals surface area contributed by atoms with Gasteiger partial charge in [0.15, 0.2) is 0 Å². The molecule has 0 rings (SSSR count). The van der Waals surface area contributed by atoms with Crippen LogP contribution in [-0.4, -0.2) is 8.80 Å². The lowest BCUT2D eigenvalue weighted by Gasteiger charge is -2.02. The molecule has 0 saturated heterocycles. The van der Waals surface area contributed by atoms with Crippen molar-refractivity contribution in [1.29, 1.82) is 0 Å². The summed E-state index contributed by atoms with van der Waals surface area (Å²) in [5.41, 5.74) is 1.89. The SMILES string of the molecule is CC(C)[Si+](C)C(C)C. The summed E-state index contributed by atoms with van der Waals surface area (Å²) in [4.78, 5) is 0. The molecule has 0 spiro atoms. The second-order valence-corrected chi connectivity index (χ2v) is 6.85. The van der Waals surface area contributed by atoms with E-state index in [0.717, 1.165) is 11.1 Å². The average Bonchev–Trinajstić information content (AvgIpc) is 1.64. The molecule has 0 radical (unpaired) electrons. The Morgan fingerprint density at radius 3 is 1.12 bits per heavy atom. The normalized spacial score (nSPS) is 10.9. The van der Waals surface area contributed by atoms with Crippen molar-refractivity contribution in [3.05, 3.63) is 0 Å². The number of rotatable bonds is 2. The first-order chi connectivity index (χ1) is 3.55. The van der Waals surface area contributed by atoms with Gasteiger partial charge >= 0.3 is 8.80 Å². The molecule has 0 atom stereocenters. The molecule has 0 aliphatic heterocycles. The molecule has 48 valence electrons. The molecule has 0 saturated carbocycles. The average molecular weight is 129 g/mol. The maximum atomic E-state index is 2.42. The largest absolute Gasteiger partial charge is 0.316 e. The molecule has 0 aliphatic carbocycles. The van der Waals surface area contributed by atoms with Crippen molar-refractivity contribution in [2.75, 3.05) is 0 Å². The molecule has 0 unspecified atom stereocenters. The Balaban J connectivity index is 3.46. The first-order valence-electron chi connectivity index (χ1n) is 3.39. The van der Waals surface area contributed by atoms with Gasteiger partial charge < -0.3 is 0 Å². The summed E-state index contributed by atoms with van der Waals surface area (Å²) in [6.07, 6.45) is 0. The summed E-state index contributed by atoms with van der Waals surface area (Å²) in [6, 6.07) is 0. The lowest BCUT2D eigenvalue weighted by Crippen LogP contribution is -2.15. The molecule has 0 nitrogen and oxygen atoms in total. The second kappa shape index (κ2) is 3.28. The van der Waals surface area contributed by atoms with E-state index in [-0.39, 0.29) is 8.80 Å². The molecule has 1 heteroatoms. The van der Waals surface area contributed by atoms with Crippen LogP contribution >= 0.6 is 0 Å². The van der Waals surface area contributed by atoms with Gasteiger partial charge in [-0.15, -0.1) is 0 Å². The Morgan fingerprint density at radius 2 is 1.12 bits per heavy atom. The zero-order valence-electron chi connectivity index (χ0n) is 6.65. The van der Waals surface area contributed by atoms with E-state index in [1.165, 1.54) is 0 Å². The van der Waals surface area contributed by atoms with Crippen molar-refractivity contribution in [3.63, 3.8) is 0 Å². The molecule has 0 N–H and O–H groups in total. The summed E-state index contributed by atoms with van der Waals surface area (Å²) < 4.78 is 0. The fraction of sp³-hybridized carbons (Fsp3) is 1.00. The van der Waals surface area contributed by atoms with Gasteiger partial charge in [0.1, 0.15) is 0 Å². The van der Waals surface area contributed by atoms with E-state index in [1.54, 1.807) is 0 Å². The van der Waals surface area contributed by atoms with Gasteiger partial charge in [0.25, 0.3) is 0 Å². The van der Waals surface area contributed by atoms with Crippen LogP contribution in [0.5, 0.6) is 0 Å². The predicted octanol–water partition coefficient (Wildman–Crippen LogP) is 2.93. The number of hydrogen-bond acceptors (Lipinski definition) is 0. The fourth-order valence-electron chi connectivity index (χ4n) is 0.667. The van der Waals surface area contributed by atoms with Crippen molar-refractivity contribution in [3.8, 4) is 0 Å². The van der Waals surface area contributed by atoms with Crippen molar-refractivity contribution in [2.45, 2.75) is 45.3 Å². The van der Waals surface area contributed by atoms with Crippen LogP contribution in [0.2, 0.25) is 17.6 Å². The quantitative estimate of drug-likeness (QED) is 0.503. The van der Waals surface area contributed by atoms with Gasteiger partial charge in [-0.05, 0) is 27.7 Å². The first-order valence-corrected chi connectivity index (χ1v) is 5.54. The highest BCUT2D eigenvalue weighted by Crippen LogP contribution is 2.18. The summed E-state index contributed by atoms with van der Waals surface area (Å²) in [6.45, 7) is 11.7. The van der Waals surface area contributed by atoms with Crippen LogP contribution in [0.15, 0.2) is 0 Å². The van der Waals surface area contributed by atoms with E-state index in [9.17, 15) is 0 Å². The van der Waals surface area contributed by atoms with E-state index in [2.05, 4.69) is 34.2 Å². The zero-order chi connectivity index (χ0) is 6.73. The molecule has 0 bridgehead atoms. The standard InChI is InChI=1S/C7H17Si/c1-6(2)8(5)7(3)4/h6-7H,1-5H3/q+1. The van der Waals surface area contributed by atoms with Gasteiger partial charge in [0, 0.05) is 0 Å². The lowest BCUT2D eigenvalue weighted by molar-refractivity contribution is 0.942. The predicted molar refractivity (Wildman–Crippen MR) is 41.8 cm³/mol. The summed E-state index contributed by atoms with van der Waals surface area (Å²) in [5, 5.41) is 0. The van der Waals surface area contributed by atoms with E-state index >= 15 is 0 Å². The molecular weight excluding hydrogens is 112 g/mol. The van der Waals surface area contributed by atoms with E-state index in [1.807, 2.05) is 0 Å². The van der Waals surface area contributed by atoms with Crippen molar-refractivity contribution in [2.24, 2.45) is 0 Å². The molecular formula is C7H17Si+. The Bertz CT molecular complexity index is 49.4. The zero-order valence-corrected chi connectivity index (χ0v) is 7.65. The van der Waals surface area contributed by atoms with Gasteiger partial charge in [-0.3, -0.25) is 0 Å². The van der Waals surface area contributed by atoms with Gasteiger partial charge in [-0.2, -0.15) is 0 Å². The minimum atomic E-state index is -0.0237. The highest BCUT2D eigenvalue weighted by atomic mass is 28.3. The highest BCUT2D eigenvalue weighted by molar-refractivity contribution is 6.60. The molecule has 8 heavy (non-hydrogen) atoms. The molecule has 0 heterocycles. The van der Waals surface area contributed by atoms with Crippen LogP contribution in [0.3, 0.4) is 0 Å². The Labute approximate surface area is 54.9 Å². The summed E-state index contributed by atoms with van der Waals surface area (Å²) in [7, 11) is -0.0237. The topological polar surface area (TPSA) is 0 Å². The van der Waals surface area contributed by atoms with Crippen LogP contribution in [0.25, 0.3) is 0 Å². The maximum Gasteiger partial charge on any atom is 0.316 e. The van der Waals surface area contributed by atoms with Crippen molar-refractivity contribution >= 4 is 8.80 Å².